The molecular formula is C41H48Cl3FN4O6. The van der Waals surface area contributed by atoms with Crippen molar-refractivity contribution in [1.82, 2.24) is 14.9 Å². The molecule has 3 aromatic carbocycles. The van der Waals surface area contributed by atoms with Crippen LogP contribution in [0, 0.1) is 5.82 Å². The van der Waals surface area contributed by atoms with Crippen LogP contribution in [0.2, 0.25) is 0 Å². The molecule has 0 spiro atoms. The number of rotatable bonds is 14. The molecule has 1 fully saturated rings. The molecule has 1 aliphatic heterocycles. The number of likely N-dealkylation sites (tertiary alicyclic amines) is 1. The topological polar surface area (TPSA) is 87.6 Å². The highest BCUT2D eigenvalue weighted by Crippen LogP contribution is 2.42. The van der Waals surface area contributed by atoms with Gasteiger partial charge in [-0.1, -0.05) is 0 Å². The van der Waals surface area contributed by atoms with Crippen LogP contribution in [0.3, 0.4) is 0 Å². The highest BCUT2D eigenvalue weighted by Gasteiger charge is 2.26. The summed E-state index contributed by atoms with van der Waals surface area (Å²) in [6, 6.07) is 21.0. The van der Waals surface area contributed by atoms with Gasteiger partial charge >= 0.3 is 0 Å². The molecule has 3 heterocycles. The zero-order valence-corrected chi connectivity index (χ0v) is 34.2. The van der Waals surface area contributed by atoms with Gasteiger partial charge in [-0.2, -0.15) is 0 Å². The number of anilines is 1. The summed E-state index contributed by atoms with van der Waals surface area (Å²) in [4.78, 5) is 14.1. The van der Waals surface area contributed by atoms with E-state index in [-0.39, 0.29) is 49.1 Å². The predicted octanol–water partition coefficient (Wildman–Crippen LogP) is 8.94. The van der Waals surface area contributed by atoms with Crippen molar-refractivity contribution in [3.8, 4) is 56.9 Å². The molecule has 0 N–H and O–H groups in total. The van der Waals surface area contributed by atoms with E-state index in [4.69, 9.17) is 28.4 Å². The average Bonchev–Trinajstić information content (AvgIpc) is 3.19. The highest BCUT2D eigenvalue weighted by atomic mass is 35.5. The summed E-state index contributed by atoms with van der Waals surface area (Å²) in [5, 5.41) is 0. The summed E-state index contributed by atoms with van der Waals surface area (Å²) in [5.74, 6) is 3.15. The average molecular weight is 818 g/mol. The van der Waals surface area contributed by atoms with Gasteiger partial charge in [0.1, 0.15) is 5.82 Å². The van der Waals surface area contributed by atoms with Gasteiger partial charge < -0.3 is 33.3 Å². The number of ether oxygens (including phenoxy) is 6. The zero-order valence-electron chi connectivity index (χ0n) is 31.7. The Labute approximate surface area is 341 Å². The van der Waals surface area contributed by atoms with Gasteiger partial charge in [0.05, 0.1) is 48.4 Å². The Morgan fingerprint density at radius 1 is 0.636 bits per heavy atom. The van der Waals surface area contributed by atoms with Gasteiger partial charge in [-0.15, -0.1) is 37.2 Å². The number of halogens is 4. The first-order chi connectivity index (χ1) is 25.4. The fourth-order valence-corrected chi connectivity index (χ4v) is 6.85. The van der Waals surface area contributed by atoms with Crippen LogP contribution in [0.1, 0.15) is 24.0 Å². The normalized spacial score (nSPS) is 12.6. The van der Waals surface area contributed by atoms with E-state index in [1.54, 1.807) is 42.7 Å². The Balaban J connectivity index is 0.00000271. The standard InChI is InChI=1S/C41H45FN4O6.3ClH/c1-47-36-19-29(20-37(48-2)40(36)51-5)31-17-28(23-43-24-31)25-45-15-12-34(13-16-45)46(33-9-7-32(42)8-10-33)26-27-11-14-44-35(18-27)30-21-38(49-3)41(52-6)39(22-30)50-4;;;/h7-11,14,17-24,34H,12-13,15-16,25-26H2,1-6H3;3*1H. The number of aromatic nitrogens is 2. The van der Waals surface area contributed by atoms with Crippen LogP contribution in [0.15, 0.2) is 85.3 Å². The monoisotopic (exact) mass is 816 g/mol. The van der Waals surface area contributed by atoms with Crippen molar-refractivity contribution >= 4 is 42.9 Å². The zero-order chi connectivity index (χ0) is 36.6. The van der Waals surface area contributed by atoms with Crippen molar-refractivity contribution in [2.75, 3.05) is 60.6 Å². The van der Waals surface area contributed by atoms with Crippen LogP contribution in [0.4, 0.5) is 10.1 Å². The largest absolute Gasteiger partial charge is 0.493 e. The molecular weight excluding hydrogens is 770 g/mol. The first-order valence-corrected chi connectivity index (χ1v) is 17.1. The minimum absolute atomic E-state index is 0. The van der Waals surface area contributed by atoms with Crippen LogP contribution in [0.25, 0.3) is 22.4 Å². The third-order valence-corrected chi connectivity index (χ3v) is 9.49. The van der Waals surface area contributed by atoms with Crippen molar-refractivity contribution in [3.63, 3.8) is 0 Å². The van der Waals surface area contributed by atoms with Crippen LogP contribution >= 0.6 is 37.2 Å². The second-order valence-electron chi connectivity index (χ2n) is 12.6. The van der Waals surface area contributed by atoms with Gasteiger partial charge in [0.25, 0.3) is 0 Å². The number of benzene rings is 3. The summed E-state index contributed by atoms with van der Waals surface area (Å²) in [7, 11) is 9.61. The summed E-state index contributed by atoms with van der Waals surface area (Å²) < 4.78 is 47.4. The van der Waals surface area contributed by atoms with Crippen LogP contribution < -0.4 is 33.3 Å². The maximum absolute atomic E-state index is 14.1. The molecule has 55 heavy (non-hydrogen) atoms. The maximum Gasteiger partial charge on any atom is 0.203 e. The molecule has 0 atom stereocenters. The fraction of sp³-hybridized carbons (Fsp3) is 0.317. The van der Waals surface area contributed by atoms with E-state index in [9.17, 15) is 4.39 Å². The molecule has 0 saturated carbocycles. The lowest BCUT2D eigenvalue weighted by Gasteiger charge is -2.40. The second-order valence-corrected chi connectivity index (χ2v) is 12.6. The van der Waals surface area contributed by atoms with Crippen molar-refractivity contribution in [1.29, 1.82) is 0 Å². The molecule has 0 unspecified atom stereocenters. The Morgan fingerprint density at radius 3 is 1.71 bits per heavy atom. The van der Waals surface area contributed by atoms with Gasteiger partial charge in [0.15, 0.2) is 23.0 Å². The molecule has 1 aliphatic rings. The first-order valence-electron chi connectivity index (χ1n) is 17.1. The van der Waals surface area contributed by atoms with Gasteiger partial charge in [-0.3, -0.25) is 14.9 Å². The SMILES string of the molecule is COc1cc(-c2cncc(CN3CCC(N(Cc4ccnc(-c5cc(OC)c(OC)c(OC)c5)c4)c4ccc(F)cc4)CC3)c2)cc(OC)c1OC.Cl.Cl.Cl. The van der Waals surface area contributed by atoms with E-state index >= 15 is 0 Å². The molecule has 0 radical (unpaired) electrons. The van der Waals surface area contributed by atoms with E-state index in [2.05, 4.69) is 31.9 Å². The van der Waals surface area contributed by atoms with Crippen molar-refractivity contribution in [3.05, 3.63) is 102 Å². The third-order valence-electron chi connectivity index (χ3n) is 9.49. The minimum atomic E-state index is -0.255. The Hall–Kier alpha value is -4.68. The first kappa shape index (κ1) is 44.7. The smallest absolute Gasteiger partial charge is 0.203 e. The molecule has 296 valence electrons. The van der Waals surface area contributed by atoms with Gasteiger partial charge in [0, 0.05) is 67.6 Å². The molecule has 10 nitrogen and oxygen atoms in total. The number of nitrogens with zero attached hydrogens (tertiary/aromatic N) is 4. The summed E-state index contributed by atoms with van der Waals surface area (Å²) in [5.41, 5.74) is 6.72. The van der Waals surface area contributed by atoms with Gasteiger partial charge in [-0.05, 0) is 96.3 Å². The van der Waals surface area contributed by atoms with Crippen molar-refractivity contribution < 1.29 is 32.8 Å². The lowest BCUT2D eigenvalue weighted by atomic mass is 9.99. The number of hydrogen-bond donors (Lipinski definition) is 0. The number of hydrogen-bond acceptors (Lipinski definition) is 10. The van der Waals surface area contributed by atoms with Crippen molar-refractivity contribution in [2.24, 2.45) is 0 Å². The lowest BCUT2D eigenvalue weighted by molar-refractivity contribution is 0.200. The van der Waals surface area contributed by atoms with Crippen LogP contribution in [-0.2, 0) is 13.1 Å². The van der Waals surface area contributed by atoms with E-state index in [0.29, 0.717) is 41.0 Å². The van der Waals surface area contributed by atoms with Gasteiger partial charge in [0.2, 0.25) is 11.5 Å². The lowest BCUT2D eigenvalue weighted by Crippen LogP contribution is -2.44. The number of piperidine rings is 1. The Morgan fingerprint density at radius 2 is 1.18 bits per heavy atom. The van der Waals surface area contributed by atoms with E-state index < -0.39 is 0 Å². The molecule has 0 amide bonds. The highest BCUT2D eigenvalue weighted by molar-refractivity contribution is 5.86. The number of pyridine rings is 2. The quantitative estimate of drug-likeness (QED) is 0.108. The fourth-order valence-electron chi connectivity index (χ4n) is 6.85. The van der Waals surface area contributed by atoms with Crippen molar-refractivity contribution in [2.45, 2.75) is 32.0 Å². The van der Waals surface area contributed by atoms with Gasteiger partial charge in [-0.25, -0.2) is 4.39 Å². The third kappa shape index (κ3) is 10.3. The summed E-state index contributed by atoms with van der Waals surface area (Å²) in [6.45, 7) is 3.22. The van der Waals surface area contributed by atoms with E-state index in [1.165, 1.54) is 12.1 Å². The van der Waals surface area contributed by atoms with E-state index in [0.717, 1.165) is 71.7 Å². The maximum atomic E-state index is 14.1. The van der Waals surface area contributed by atoms with Crippen LogP contribution in [0.5, 0.6) is 34.5 Å². The number of methoxy groups -OCH3 is 6. The van der Waals surface area contributed by atoms with E-state index in [1.807, 2.05) is 61.1 Å². The predicted molar refractivity (Wildman–Crippen MR) is 221 cm³/mol. The molecule has 2 aromatic heterocycles. The molecule has 5 aromatic rings. The Bertz CT molecular complexity index is 1930. The molecule has 6 rings (SSSR count). The summed E-state index contributed by atoms with van der Waals surface area (Å²) in [6.07, 6.45) is 7.49. The minimum Gasteiger partial charge on any atom is -0.493 e. The molecule has 0 aliphatic carbocycles. The molecule has 0 bridgehead atoms. The molecule has 14 heteroatoms. The molecule has 1 saturated heterocycles. The second kappa shape index (κ2) is 20.8. The van der Waals surface area contributed by atoms with Crippen LogP contribution in [-0.4, -0.2) is 76.7 Å². The Kier molecular flexibility index (Phi) is 16.9. The summed E-state index contributed by atoms with van der Waals surface area (Å²) >= 11 is 0.